The maximum atomic E-state index is 11.7. The molecular formula is C14H16N2O5. The van der Waals surface area contributed by atoms with Gasteiger partial charge in [0, 0.05) is 19.1 Å². The molecule has 0 amide bonds. The van der Waals surface area contributed by atoms with E-state index in [1.165, 1.54) is 11.6 Å². The van der Waals surface area contributed by atoms with Gasteiger partial charge in [0.15, 0.2) is 12.1 Å². The summed E-state index contributed by atoms with van der Waals surface area (Å²) in [5.74, 6) is -0.416. The second-order valence-electron chi connectivity index (χ2n) is 4.34. The van der Waals surface area contributed by atoms with Gasteiger partial charge < -0.3 is 19.1 Å². The van der Waals surface area contributed by atoms with Crippen LogP contribution in [0.2, 0.25) is 0 Å². The summed E-state index contributed by atoms with van der Waals surface area (Å²) < 4.78 is 16.3. The largest absolute Gasteiger partial charge is 0.539 e. The number of hydrogen-bond donors (Lipinski definition) is 0. The SMILES string of the molecule is CCOc1ccc(-[n+]2noc([O-])c2C(C)OC(C)=O)cc1. The fourth-order valence-corrected chi connectivity index (χ4v) is 1.93. The normalized spacial score (nSPS) is 12.0. The third-order valence-electron chi connectivity index (χ3n) is 2.76. The van der Waals surface area contributed by atoms with E-state index in [0.29, 0.717) is 18.0 Å². The zero-order chi connectivity index (χ0) is 15.4. The fraction of sp³-hybridized carbons (Fsp3) is 0.357. The summed E-state index contributed by atoms with van der Waals surface area (Å²) in [6.45, 7) is 5.31. The van der Waals surface area contributed by atoms with E-state index in [1.807, 2.05) is 6.92 Å². The van der Waals surface area contributed by atoms with E-state index in [2.05, 4.69) is 9.79 Å². The summed E-state index contributed by atoms with van der Waals surface area (Å²) in [5, 5.41) is 15.4. The van der Waals surface area contributed by atoms with E-state index in [9.17, 15) is 9.90 Å². The van der Waals surface area contributed by atoms with Crippen LogP contribution in [-0.4, -0.2) is 17.8 Å². The van der Waals surface area contributed by atoms with Gasteiger partial charge in [-0.15, -0.1) is 0 Å². The zero-order valence-corrected chi connectivity index (χ0v) is 12.0. The van der Waals surface area contributed by atoms with Gasteiger partial charge in [0.25, 0.3) is 5.69 Å². The van der Waals surface area contributed by atoms with E-state index >= 15 is 0 Å². The molecule has 1 heterocycles. The number of rotatable bonds is 5. The van der Waals surface area contributed by atoms with Gasteiger partial charge in [-0.1, -0.05) is 0 Å². The molecule has 2 rings (SSSR count). The van der Waals surface area contributed by atoms with Crippen molar-refractivity contribution in [3.63, 3.8) is 0 Å². The summed E-state index contributed by atoms with van der Waals surface area (Å²) in [6, 6.07) is 6.98. The first-order chi connectivity index (χ1) is 10.0. The molecule has 0 fully saturated rings. The van der Waals surface area contributed by atoms with Crippen molar-refractivity contribution in [3.05, 3.63) is 30.0 Å². The second-order valence-corrected chi connectivity index (χ2v) is 4.34. The quantitative estimate of drug-likeness (QED) is 0.604. The molecule has 2 aromatic rings. The average molecular weight is 292 g/mol. The van der Waals surface area contributed by atoms with E-state index in [-0.39, 0.29) is 5.69 Å². The molecule has 0 aliphatic carbocycles. The van der Waals surface area contributed by atoms with Crippen molar-refractivity contribution in [2.24, 2.45) is 0 Å². The lowest BCUT2D eigenvalue weighted by Crippen LogP contribution is -2.38. The number of carbonyl (C=O) groups is 1. The maximum absolute atomic E-state index is 11.7. The molecule has 7 heteroatoms. The average Bonchev–Trinajstić information content (AvgIpc) is 2.81. The van der Waals surface area contributed by atoms with E-state index in [1.54, 1.807) is 31.2 Å². The third-order valence-corrected chi connectivity index (χ3v) is 2.76. The fourth-order valence-electron chi connectivity index (χ4n) is 1.93. The van der Waals surface area contributed by atoms with Crippen LogP contribution in [0.3, 0.4) is 0 Å². The van der Waals surface area contributed by atoms with E-state index in [0.717, 1.165) is 0 Å². The Kier molecular flexibility index (Phi) is 4.42. The van der Waals surface area contributed by atoms with Crippen molar-refractivity contribution in [1.29, 1.82) is 0 Å². The van der Waals surface area contributed by atoms with Crippen LogP contribution < -0.4 is 14.5 Å². The minimum Gasteiger partial charge on any atom is -0.539 e. The molecule has 0 saturated carbocycles. The Morgan fingerprint density at radius 1 is 1.43 bits per heavy atom. The third kappa shape index (κ3) is 3.31. The highest BCUT2D eigenvalue weighted by Gasteiger charge is 2.28. The van der Waals surface area contributed by atoms with Gasteiger partial charge in [-0.2, -0.15) is 0 Å². The molecule has 0 bridgehead atoms. The first kappa shape index (κ1) is 14.8. The van der Waals surface area contributed by atoms with Gasteiger partial charge in [-0.3, -0.25) is 4.79 Å². The Labute approximate surface area is 121 Å². The number of ether oxygens (including phenoxy) is 2. The molecule has 1 unspecified atom stereocenters. The van der Waals surface area contributed by atoms with Crippen LogP contribution in [0, 0.1) is 0 Å². The Hall–Kier alpha value is -2.57. The lowest BCUT2D eigenvalue weighted by molar-refractivity contribution is -0.680. The molecule has 21 heavy (non-hydrogen) atoms. The monoisotopic (exact) mass is 292 g/mol. The summed E-state index contributed by atoms with van der Waals surface area (Å²) in [5.41, 5.74) is 0.757. The Bertz CT molecular complexity index is 621. The maximum Gasteiger partial charge on any atom is 0.303 e. The Morgan fingerprint density at radius 3 is 2.67 bits per heavy atom. The Balaban J connectivity index is 2.33. The molecule has 0 aliphatic rings. The number of benzene rings is 1. The minimum atomic E-state index is -0.757. The predicted octanol–water partition coefficient (Wildman–Crippen LogP) is 1.05. The first-order valence-electron chi connectivity index (χ1n) is 6.52. The van der Waals surface area contributed by atoms with E-state index in [4.69, 9.17) is 9.47 Å². The molecule has 1 aromatic heterocycles. The van der Waals surface area contributed by atoms with Crippen molar-refractivity contribution >= 4 is 5.97 Å². The summed E-state index contributed by atoms with van der Waals surface area (Å²) in [7, 11) is 0. The smallest absolute Gasteiger partial charge is 0.303 e. The van der Waals surface area contributed by atoms with E-state index < -0.39 is 18.0 Å². The van der Waals surface area contributed by atoms with Crippen molar-refractivity contribution in [2.75, 3.05) is 6.61 Å². The topological polar surface area (TPSA) is 88.5 Å². The first-order valence-corrected chi connectivity index (χ1v) is 6.52. The number of aromatic nitrogens is 2. The number of hydrogen-bond acceptors (Lipinski definition) is 6. The van der Waals surface area contributed by atoms with Gasteiger partial charge in [0.1, 0.15) is 5.75 Å². The predicted molar refractivity (Wildman–Crippen MR) is 68.8 cm³/mol. The van der Waals surface area contributed by atoms with Crippen LogP contribution >= 0.6 is 0 Å². The van der Waals surface area contributed by atoms with Gasteiger partial charge >= 0.3 is 5.97 Å². The van der Waals surface area contributed by atoms with Crippen molar-refractivity contribution in [3.8, 4) is 17.4 Å². The molecule has 112 valence electrons. The molecule has 0 spiro atoms. The van der Waals surface area contributed by atoms with Crippen LogP contribution in [0.25, 0.3) is 5.69 Å². The molecule has 1 aromatic carbocycles. The highest BCUT2D eigenvalue weighted by Crippen LogP contribution is 2.22. The van der Waals surface area contributed by atoms with Gasteiger partial charge in [-0.05, 0) is 30.7 Å². The van der Waals surface area contributed by atoms with Crippen LogP contribution in [0.5, 0.6) is 11.7 Å². The second kappa shape index (κ2) is 6.25. The zero-order valence-electron chi connectivity index (χ0n) is 12.0. The van der Waals surface area contributed by atoms with Crippen LogP contribution in [-0.2, 0) is 9.53 Å². The number of nitrogens with zero attached hydrogens (tertiary/aromatic N) is 2. The summed E-state index contributed by atoms with van der Waals surface area (Å²) in [6.07, 6.45) is -0.757. The summed E-state index contributed by atoms with van der Waals surface area (Å²) in [4.78, 5) is 11.0. The van der Waals surface area contributed by atoms with Crippen molar-refractivity contribution in [1.82, 2.24) is 5.27 Å². The van der Waals surface area contributed by atoms with Crippen molar-refractivity contribution < 1.29 is 28.6 Å². The molecule has 1 atom stereocenters. The Morgan fingerprint density at radius 2 is 2.10 bits per heavy atom. The highest BCUT2D eigenvalue weighted by molar-refractivity contribution is 5.66. The van der Waals surface area contributed by atoms with Gasteiger partial charge in [-0.25, -0.2) is 0 Å². The minimum absolute atomic E-state index is 0.148. The molecule has 0 saturated heterocycles. The lowest BCUT2D eigenvalue weighted by Gasteiger charge is -2.08. The van der Waals surface area contributed by atoms with Gasteiger partial charge in [0.2, 0.25) is 5.69 Å². The van der Waals surface area contributed by atoms with Crippen LogP contribution in [0.1, 0.15) is 32.6 Å². The molecule has 0 radical (unpaired) electrons. The lowest BCUT2D eigenvalue weighted by atomic mass is 10.2. The standard InChI is InChI=1S/C14H16N2O5/c1-4-19-12-7-5-11(6-8-12)16-13(14(18)21-15-16)9(2)20-10(3)17/h5-9H,4H2,1-3H3. The van der Waals surface area contributed by atoms with Crippen LogP contribution in [0.15, 0.2) is 28.8 Å². The molecule has 0 aliphatic heterocycles. The number of esters is 1. The molecule has 7 nitrogen and oxygen atoms in total. The van der Waals surface area contributed by atoms with Crippen molar-refractivity contribution in [2.45, 2.75) is 26.9 Å². The number of carbonyl (C=O) groups excluding carboxylic acids is 1. The highest BCUT2D eigenvalue weighted by atomic mass is 16.6. The van der Waals surface area contributed by atoms with Gasteiger partial charge in [0.05, 0.1) is 11.9 Å². The summed E-state index contributed by atoms with van der Waals surface area (Å²) >= 11 is 0. The molecular weight excluding hydrogens is 276 g/mol. The molecule has 0 N–H and O–H groups in total. The van der Waals surface area contributed by atoms with Crippen LogP contribution in [0.4, 0.5) is 0 Å².